The van der Waals surface area contributed by atoms with Gasteiger partial charge in [-0.05, 0) is 49.6 Å². The largest absolute Gasteiger partial charge is 0.428 e. The zero-order valence-electron chi connectivity index (χ0n) is 16.4. The topological polar surface area (TPSA) is 29.5 Å². The van der Waals surface area contributed by atoms with Crippen LogP contribution >= 0.6 is 0 Å². The van der Waals surface area contributed by atoms with E-state index in [1.807, 2.05) is 0 Å². The summed E-state index contributed by atoms with van der Waals surface area (Å²) in [5.41, 5.74) is -5.13. The minimum atomic E-state index is -5.98. The zero-order chi connectivity index (χ0) is 22.4. The van der Waals surface area contributed by atoms with E-state index < -0.39 is 29.7 Å². The van der Waals surface area contributed by atoms with E-state index in [9.17, 15) is 31.4 Å². The van der Waals surface area contributed by atoms with Gasteiger partial charge >= 0.3 is 12.4 Å². The summed E-state index contributed by atoms with van der Waals surface area (Å²) in [6.45, 7) is 8.82. The van der Waals surface area contributed by atoms with Crippen LogP contribution in [0.1, 0.15) is 38.8 Å². The van der Waals surface area contributed by atoms with Crippen molar-refractivity contribution in [2.24, 2.45) is 0 Å². The van der Waals surface area contributed by atoms with Gasteiger partial charge in [-0.15, -0.1) is 0 Å². The van der Waals surface area contributed by atoms with Gasteiger partial charge in [0, 0.05) is 0 Å². The van der Waals surface area contributed by atoms with Gasteiger partial charge in [-0.1, -0.05) is 48.6 Å². The van der Waals surface area contributed by atoms with Crippen molar-refractivity contribution in [2.75, 3.05) is 0 Å². The summed E-state index contributed by atoms with van der Waals surface area (Å²) in [7, 11) is 0. The summed E-state index contributed by atoms with van der Waals surface area (Å²) >= 11 is 0. The molecule has 2 aromatic rings. The lowest BCUT2D eigenvalue weighted by molar-refractivity contribution is -0.398. The second-order valence-electron chi connectivity index (χ2n) is 7.52. The van der Waals surface area contributed by atoms with Crippen molar-refractivity contribution in [1.82, 2.24) is 0 Å². The zero-order valence-corrected chi connectivity index (χ0v) is 16.4. The van der Waals surface area contributed by atoms with E-state index in [-0.39, 0.29) is 0 Å². The average Bonchev–Trinajstić information content (AvgIpc) is 2.57. The minimum Gasteiger partial charge on any atom is -0.372 e. The van der Waals surface area contributed by atoms with Gasteiger partial charge in [0.1, 0.15) is 6.10 Å². The van der Waals surface area contributed by atoms with Crippen LogP contribution in [0.4, 0.5) is 26.3 Å². The third-order valence-electron chi connectivity index (χ3n) is 4.91. The third-order valence-corrected chi connectivity index (χ3v) is 4.91. The lowest BCUT2D eigenvalue weighted by Gasteiger charge is -2.41. The summed E-state index contributed by atoms with van der Waals surface area (Å²) in [4.78, 5) is 0. The molecule has 0 heterocycles. The summed E-state index contributed by atoms with van der Waals surface area (Å²) in [6.07, 6.45) is -14.6. The molecule has 0 radical (unpaired) electrons. The van der Waals surface area contributed by atoms with E-state index in [0.29, 0.717) is 29.0 Å². The smallest absolute Gasteiger partial charge is 0.372 e. The Morgan fingerprint density at radius 2 is 1.48 bits per heavy atom. The summed E-state index contributed by atoms with van der Waals surface area (Å²) < 4.78 is 84.7. The number of allylic oxidation sites excluding steroid dienone is 1. The van der Waals surface area contributed by atoms with Crippen molar-refractivity contribution in [3.63, 3.8) is 0 Å². The molecule has 8 heteroatoms. The Labute approximate surface area is 164 Å². The first-order valence-electron chi connectivity index (χ1n) is 8.75. The fourth-order valence-electron chi connectivity index (χ4n) is 3.48. The predicted molar refractivity (Wildman–Crippen MR) is 99.3 cm³/mol. The molecule has 1 unspecified atom stereocenters. The van der Waals surface area contributed by atoms with Gasteiger partial charge in [-0.3, -0.25) is 0 Å². The molecule has 0 saturated heterocycles. The minimum absolute atomic E-state index is 0.390. The Balaban J connectivity index is 2.65. The van der Waals surface area contributed by atoms with Crippen LogP contribution < -0.4 is 0 Å². The van der Waals surface area contributed by atoms with Crippen LogP contribution in [0.5, 0.6) is 0 Å². The van der Waals surface area contributed by atoms with Crippen molar-refractivity contribution >= 4 is 16.3 Å². The van der Waals surface area contributed by atoms with Gasteiger partial charge < -0.3 is 9.84 Å². The van der Waals surface area contributed by atoms with E-state index in [2.05, 4.69) is 6.58 Å². The molecule has 29 heavy (non-hydrogen) atoms. The number of alkyl halides is 6. The Bertz CT molecular complexity index is 898. The number of aliphatic hydroxyl groups is 1. The summed E-state index contributed by atoms with van der Waals surface area (Å²) in [5, 5.41) is 11.0. The molecule has 0 aliphatic heterocycles. The van der Waals surface area contributed by atoms with Crippen molar-refractivity contribution < 1.29 is 36.2 Å². The maximum absolute atomic E-state index is 13.2. The highest BCUT2D eigenvalue weighted by atomic mass is 19.4. The lowest BCUT2D eigenvalue weighted by atomic mass is 9.85. The van der Waals surface area contributed by atoms with Crippen LogP contribution in [-0.2, 0) is 10.3 Å². The van der Waals surface area contributed by atoms with Gasteiger partial charge in [-0.25, -0.2) is 0 Å². The molecule has 0 bridgehead atoms. The second-order valence-corrected chi connectivity index (χ2v) is 7.52. The standard InChI is InChI=1S/C21H22F6O2/c1-12(2)15-11-10-14-8-6-7-9-16(14)17(15)18(4,5)29-13(3)19(28,20(22,23)24)21(25,26)27/h6-11,13,28H,1H2,2-5H3. The Kier molecular flexibility index (Phi) is 5.86. The third kappa shape index (κ3) is 4.00. The molecule has 0 saturated carbocycles. The molecule has 1 N–H and O–H groups in total. The maximum atomic E-state index is 13.2. The first kappa shape index (κ1) is 23.2. The number of hydrogen-bond acceptors (Lipinski definition) is 2. The number of fused-ring (bicyclic) bond motifs is 1. The van der Waals surface area contributed by atoms with Crippen LogP contribution in [0.3, 0.4) is 0 Å². The highest BCUT2D eigenvalue weighted by molar-refractivity contribution is 5.90. The first-order chi connectivity index (χ1) is 13.0. The van der Waals surface area contributed by atoms with Crippen LogP contribution in [0.2, 0.25) is 0 Å². The molecule has 2 aromatic carbocycles. The molecule has 2 rings (SSSR count). The average molecular weight is 420 g/mol. The van der Waals surface area contributed by atoms with Crippen LogP contribution in [0.15, 0.2) is 43.0 Å². The molecule has 0 fully saturated rings. The van der Waals surface area contributed by atoms with E-state index in [4.69, 9.17) is 4.74 Å². The van der Waals surface area contributed by atoms with Gasteiger partial charge in [0.25, 0.3) is 5.60 Å². The molecular formula is C21H22F6O2. The Hall–Kier alpha value is -2.06. The fraction of sp³-hybridized carbons (Fsp3) is 0.429. The molecule has 1 atom stereocenters. The molecule has 0 amide bonds. The normalized spacial score (nSPS) is 14.9. The highest BCUT2D eigenvalue weighted by Crippen LogP contribution is 2.48. The molecule has 0 spiro atoms. The molecular weight excluding hydrogens is 398 g/mol. The predicted octanol–water partition coefficient (Wildman–Crippen LogP) is 6.37. The van der Waals surface area contributed by atoms with E-state index in [0.717, 1.165) is 5.39 Å². The van der Waals surface area contributed by atoms with Crippen molar-refractivity contribution in [3.05, 3.63) is 54.1 Å². The van der Waals surface area contributed by atoms with E-state index in [1.165, 1.54) is 13.8 Å². The van der Waals surface area contributed by atoms with E-state index >= 15 is 0 Å². The van der Waals surface area contributed by atoms with Crippen LogP contribution in [0.25, 0.3) is 16.3 Å². The lowest BCUT2D eigenvalue weighted by Crippen LogP contribution is -2.64. The summed E-state index contributed by atoms with van der Waals surface area (Å²) in [6, 6.07) is 10.4. The van der Waals surface area contributed by atoms with Gasteiger partial charge in [0.05, 0.1) is 5.60 Å². The maximum Gasteiger partial charge on any atom is 0.428 e. The quantitative estimate of drug-likeness (QED) is 0.570. The van der Waals surface area contributed by atoms with E-state index in [1.54, 1.807) is 43.3 Å². The Morgan fingerprint density at radius 3 is 1.97 bits per heavy atom. The monoisotopic (exact) mass is 420 g/mol. The van der Waals surface area contributed by atoms with Gasteiger partial charge in [0.2, 0.25) is 0 Å². The number of benzene rings is 2. The summed E-state index contributed by atoms with van der Waals surface area (Å²) in [5.74, 6) is 0. The second kappa shape index (κ2) is 7.32. The molecule has 160 valence electrons. The SMILES string of the molecule is C=C(C)c1ccc2ccccc2c1C(C)(C)OC(C)C(O)(C(F)(F)F)C(F)(F)F. The van der Waals surface area contributed by atoms with Crippen LogP contribution in [-0.4, -0.2) is 29.2 Å². The molecule has 0 aliphatic carbocycles. The number of ether oxygens (including phenoxy) is 1. The Morgan fingerprint density at radius 1 is 0.966 bits per heavy atom. The van der Waals surface area contributed by atoms with Gasteiger partial charge in [-0.2, -0.15) is 26.3 Å². The molecule has 0 aliphatic rings. The number of hydrogen-bond donors (Lipinski definition) is 1. The highest BCUT2D eigenvalue weighted by Gasteiger charge is 2.74. The molecule has 0 aromatic heterocycles. The molecule has 2 nitrogen and oxygen atoms in total. The fourth-order valence-corrected chi connectivity index (χ4v) is 3.48. The van der Waals surface area contributed by atoms with Crippen LogP contribution in [0, 0.1) is 0 Å². The van der Waals surface area contributed by atoms with Crippen molar-refractivity contribution in [2.45, 2.75) is 57.4 Å². The van der Waals surface area contributed by atoms with Crippen molar-refractivity contribution in [1.29, 1.82) is 0 Å². The van der Waals surface area contributed by atoms with Crippen molar-refractivity contribution in [3.8, 4) is 0 Å². The van der Waals surface area contributed by atoms with Gasteiger partial charge in [0.15, 0.2) is 0 Å². The number of rotatable bonds is 5. The first-order valence-corrected chi connectivity index (χ1v) is 8.75. The number of halogens is 6.